The number of alkyl halides is 3. The highest BCUT2D eigenvalue weighted by atomic mass is 19.4. The van der Waals surface area contributed by atoms with E-state index >= 15 is 0 Å². The first-order chi connectivity index (χ1) is 20.5. The predicted molar refractivity (Wildman–Crippen MR) is 159 cm³/mol. The molecular formula is C30H33F3N8O2. The summed E-state index contributed by atoms with van der Waals surface area (Å²) in [5.41, 5.74) is 1.24. The molecule has 0 atom stereocenters. The summed E-state index contributed by atoms with van der Waals surface area (Å²) in [6.07, 6.45) is -1.54. The summed E-state index contributed by atoms with van der Waals surface area (Å²) >= 11 is 0. The Morgan fingerprint density at radius 3 is 2.47 bits per heavy atom. The van der Waals surface area contributed by atoms with Gasteiger partial charge in [-0.05, 0) is 54.9 Å². The van der Waals surface area contributed by atoms with E-state index in [-0.39, 0.29) is 23.4 Å². The molecule has 4 aromatic rings. The van der Waals surface area contributed by atoms with Gasteiger partial charge in [0.2, 0.25) is 0 Å². The number of aromatic amines is 1. The minimum Gasteiger partial charge on any atom is -0.346 e. The van der Waals surface area contributed by atoms with Gasteiger partial charge < -0.3 is 20.5 Å². The van der Waals surface area contributed by atoms with E-state index < -0.39 is 23.7 Å². The van der Waals surface area contributed by atoms with Crippen LogP contribution in [0.1, 0.15) is 34.0 Å². The predicted octanol–water partition coefficient (Wildman–Crippen LogP) is 5.34. The summed E-state index contributed by atoms with van der Waals surface area (Å²) < 4.78 is 42.1. The summed E-state index contributed by atoms with van der Waals surface area (Å²) in [4.78, 5) is 43.1. The van der Waals surface area contributed by atoms with Crippen molar-refractivity contribution in [1.82, 2.24) is 24.8 Å². The molecule has 10 nitrogen and oxygen atoms in total. The maximum absolute atomic E-state index is 14.0. The number of likely N-dealkylation sites (N-methyl/N-ethyl adjacent to an activating group) is 1. The van der Waals surface area contributed by atoms with Crippen molar-refractivity contribution in [3.05, 3.63) is 77.2 Å². The molecule has 0 spiro atoms. The molecule has 5 rings (SSSR count). The number of halogens is 3. The second-order valence-corrected chi connectivity index (χ2v) is 10.5. The molecule has 2 aromatic carbocycles. The molecule has 3 heterocycles. The molecule has 0 unspecified atom stereocenters. The fourth-order valence-corrected chi connectivity index (χ4v) is 5.08. The Labute approximate surface area is 246 Å². The number of carbonyl (C=O) groups excluding carboxylic acids is 2. The number of anilines is 3. The number of amides is 3. The number of H-pyrrole nitrogens is 1. The number of hydrogen-bond acceptors (Lipinski definition) is 6. The first-order valence-electron chi connectivity index (χ1n) is 13.9. The molecule has 3 N–H and O–H groups in total. The molecule has 0 bridgehead atoms. The molecular weight excluding hydrogens is 561 g/mol. The number of carbonyl (C=O) groups is 2. The summed E-state index contributed by atoms with van der Waals surface area (Å²) in [6.45, 7) is 7.96. The Kier molecular flexibility index (Phi) is 8.64. The topological polar surface area (TPSA) is 109 Å². The summed E-state index contributed by atoms with van der Waals surface area (Å²) in [7, 11) is 1.56. The van der Waals surface area contributed by atoms with E-state index in [1.165, 1.54) is 29.4 Å². The zero-order valence-electron chi connectivity index (χ0n) is 24.1. The van der Waals surface area contributed by atoms with Gasteiger partial charge in [-0.1, -0.05) is 19.1 Å². The molecule has 1 saturated heterocycles. The van der Waals surface area contributed by atoms with Crippen LogP contribution in [0.15, 0.2) is 55.0 Å². The molecule has 3 amide bonds. The Morgan fingerprint density at radius 2 is 1.74 bits per heavy atom. The van der Waals surface area contributed by atoms with Gasteiger partial charge in [0.25, 0.3) is 5.91 Å². The quantitative estimate of drug-likeness (QED) is 0.267. The second kappa shape index (κ2) is 12.4. The maximum Gasteiger partial charge on any atom is 0.416 e. The van der Waals surface area contributed by atoms with E-state index in [9.17, 15) is 22.8 Å². The molecule has 0 aliphatic carbocycles. The first kappa shape index (κ1) is 30.0. The van der Waals surface area contributed by atoms with Crippen LogP contribution in [0, 0.1) is 6.92 Å². The highest BCUT2D eigenvalue weighted by Crippen LogP contribution is 2.35. The van der Waals surface area contributed by atoms with E-state index in [1.807, 2.05) is 4.90 Å². The van der Waals surface area contributed by atoms with Gasteiger partial charge in [0.15, 0.2) is 0 Å². The van der Waals surface area contributed by atoms with Gasteiger partial charge in [-0.3, -0.25) is 14.6 Å². The molecule has 0 radical (unpaired) electrons. The van der Waals surface area contributed by atoms with Crippen LogP contribution in [0.3, 0.4) is 0 Å². The highest BCUT2D eigenvalue weighted by molar-refractivity contribution is 6.08. The Morgan fingerprint density at radius 1 is 1.00 bits per heavy atom. The van der Waals surface area contributed by atoms with Crippen LogP contribution >= 0.6 is 0 Å². The Bertz CT molecular complexity index is 1630. The average Bonchev–Trinajstić information content (AvgIpc) is 3.48. The van der Waals surface area contributed by atoms with Crippen LogP contribution in [-0.4, -0.2) is 76.5 Å². The smallest absolute Gasteiger partial charge is 0.346 e. The number of aryl methyl sites for hydroxylation is 1. The van der Waals surface area contributed by atoms with Crippen molar-refractivity contribution in [2.24, 2.45) is 0 Å². The fourth-order valence-electron chi connectivity index (χ4n) is 5.08. The van der Waals surface area contributed by atoms with Crippen molar-refractivity contribution in [3.8, 4) is 0 Å². The summed E-state index contributed by atoms with van der Waals surface area (Å²) in [5.74, 6) is -0.215. The lowest BCUT2D eigenvalue weighted by molar-refractivity contribution is -0.138. The van der Waals surface area contributed by atoms with Crippen molar-refractivity contribution in [2.45, 2.75) is 26.6 Å². The SMILES string of the molecule is CCN1CCN(Cc2ccc(NC(=O)c3ccc(C)c(NC(=O)N(C)c4ncnc5[nH]ccc45)c3)cc2C(F)(F)F)CC1. The Balaban J connectivity index is 1.30. The number of piperazine rings is 1. The summed E-state index contributed by atoms with van der Waals surface area (Å²) in [6, 6.07) is 9.84. The third-order valence-corrected chi connectivity index (χ3v) is 7.68. The van der Waals surface area contributed by atoms with Crippen molar-refractivity contribution in [2.75, 3.05) is 55.3 Å². The highest BCUT2D eigenvalue weighted by Gasteiger charge is 2.34. The molecule has 0 saturated carbocycles. The monoisotopic (exact) mass is 594 g/mol. The van der Waals surface area contributed by atoms with Gasteiger partial charge in [-0.2, -0.15) is 13.2 Å². The van der Waals surface area contributed by atoms with Crippen molar-refractivity contribution in [3.63, 3.8) is 0 Å². The van der Waals surface area contributed by atoms with E-state index in [2.05, 4.69) is 37.4 Å². The van der Waals surface area contributed by atoms with Crippen LogP contribution in [0.4, 0.5) is 35.2 Å². The number of fused-ring (bicyclic) bond motifs is 1. The van der Waals surface area contributed by atoms with Gasteiger partial charge in [-0.15, -0.1) is 0 Å². The van der Waals surface area contributed by atoms with Gasteiger partial charge in [0.1, 0.15) is 17.8 Å². The molecule has 43 heavy (non-hydrogen) atoms. The normalized spacial score (nSPS) is 14.6. The Hall–Kier alpha value is -4.49. The zero-order valence-corrected chi connectivity index (χ0v) is 24.1. The third kappa shape index (κ3) is 6.78. The number of hydrogen-bond donors (Lipinski definition) is 3. The average molecular weight is 595 g/mol. The molecule has 2 aromatic heterocycles. The van der Waals surface area contributed by atoms with Crippen LogP contribution < -0.4 is 15.5 Å². The van der Waals surface area contributed by atoms with Gasteiger partial charge in [0.05, 0.1) is 10.9 Å². The number of rotatable bonds is 7. The third-order valence-electron chi connectivity index (χ3n) is 7.68. The van der Waals surface area contributed by atoms with Crippen LogP contribution in [0.5, 0.6) is 0 Å². The van der Waals surface area contributed by atoms with Crippen LogP contribution in [0.2, 0.25) is 0 Å². The molecule has 226 valence electrons. The number of urea groups is 1. The number of nitrogens with one attached hydrogen (secondary N) is 3. The maximum atomic E-state index is 14.0. The fraction of sp³-hybridized carbons (Fsp3) is 0.333. The van der Waals surface area contributed by atoms with Crippen LogP contribution in [-0.2, 0) is 12.7 Å². The largest absolute Gasteiger partial charge is 0.416 e. The van der Waals surface area contributed by atoms with E-state index in [1.54, 1.807) is 38.4 Å². The lowest BCUT2D eigenvalue weighted by Crippen LogP contribution is -2.45. The van der Waals surface area contributed by atoms with E-state index in [0.29, 0.717) is 41.2 Å². The lowest BCUT2D eigenvalue weighted by Gasteiger charge is -2.34. The van der Waals surface area contributed by atoms with Crippen LogP contribution in [0.25, 0.3) is 11.0 Å². The molecule has 1 aliphatic rings. The van der Waals surface area contributed by atoms with Crippen molar-refractivity contribution < 1.29 is 22.8 Å². The molecule has 1 fully saturated rings. The molecule has 13 heteroatoms. The van der Waals surface area contributed by atoms with E-state index in [0.717, 1.165) is 25.7 Å². The minimum atomic E-state index is -4.58. The lowest BCUT2D eigenvalue weighted by atomic mass is 10.0. The summed E-state index contributed by atoms with van der Waals surface area (Å²) in [5, 5.41) is 6.02. The van der Waals surface area contributed by atoms with Gasteiger partial charge in [0, 0.05) is 62.9 Å². The van der Waals surface area contributed by atoms with Crippen molar-refractivity contribution in [1.29, 1.82) is 0 Å². The molecule has 1 aliphatic heterocycles. The van der Waals surface area contributed by atoms with Crippen molar-refractivity contribution >= 4 is 40.2 Å². The first-order valence-corrected chi connectivity index (χ1v) is 13.9. The number of aromatic nitrogens is 3. The number of benzene rings is 2. The van der Waals surface area contributed by atoms with Gasteiger partial charge >= 0.3 is 12.2 Å². The van der Waals surface area contributed by atoms with E-state index in [4.69, 9.17) is 0 Å². The standard InChI is InChI=1S/C30H33F3N8O2/c1-4-40-11-13-41(14-12-40)17-21-7-8-22(16-24(21)30(31,32)33)37-28(42)20-6-5-19(2)25(15-20)38-29(43)39(3)27-23-9-10-34-26(23)35-18-36-27/h5-10,15-16,18H,4,11-14,17H2,1-3H3,(H,37,42)(H,38,43)(H,34,35,36). The minimum absolute atomic E-state index is 0.0297. The second-order valence-electron chi connectivity index (χ2n) is 10.5. The van der Waals surface area contributed by atoms with Gasteiger partial charge in [-0.25, -0.2) is 14.8 Å². The zero-order chi connectivity index (χ0) is 30.7. The number of nitrogens with zero attached hydrogens (tertiary/aromatic N) is 5.